The Kier molecular flexibility index (Phi) is 5.70. The Labute approximate surface area is 214 Å². The largest absolute Gasteiger partial charge is 0.506 e. The van der Waals surface area contributed by atoms with Crippen molar-refractivity contribution in [3.63, 3.8) is 0 Å². The van der Waals surface area contributed by atoms with Crippen LogP contribution in [-0.4, -0.2) is 19.6 Å². The maximum atomic E-state index is 10.7. The minimum absolute atomic E-state index is 0.224. The highest BCUT2D eigenvalue weighted by Gasteiger charge is 2.16. The van der Waals surface area contributed by atoms with Gasteiger partial charge < -0.3 is 5.11 Å². The molecular formula is C31H25N3OS. The van der Waals surface area contributed by atoms with Crippen LogP contribution >= 0.6 is 11.8 Å². The first kappa shape index (κ1) is 22.4. The third-order valence-corrected chi connectivity index (χ3v) is 7.34. The van der Waals surface area contributed by atoms with Crippen molar-refractivity contribution in [2.24, 2.45) is 0 Å². The summed E-state index contributed by atoms with van der Waals surface area (Å²) < 4.78 is 2.05. The van der Waals surface area contributed by atoms with Crippen LogP contribution in [0.2, 0.25) is 0 Å². The van der Waals surface area contributed by atoms with Gasteiger partial charge in [-0.15, -0.1) is 0 Å². The molecule has 0 aliphatic rings. The molecule has 1 N–H and O–H groups in total. The van der Waals surface area contributed by atoms with E-state index in [0.29, 0.717) is 11.6 Å². The van der Waals surface area contributed by atoms with E-state index in [4.69, 9.17) is 4.98 Å². The van der Waals surface area contributed by atoms with Crippen molar-refractivity contribution in [1.29, 1.82) is 0 Å². The lowest BCUT2D eigenvalue weighted by Gasteiger charge is -2.10. The molecule has 3 heterocycles. The number of para-hydroxylation sites is 3. The van der Waals surface area contributed by atoms with E-state index in [1.165, 1.54) is 5.56 Å². The summed E-state index contributed by atoms with van der Waals surface area (Å²) >= 11 is 1.66. The minimum Gasteiger partial charge on any atom is -0.506 e. The van der Waals surface area contributed by atoms with Gasteiger partial charge >= 0.3 is 0 Å². The Hall–Kier alpha value is -4.09. The van der Waals surface area contributed by atoms with E-state index < -0.39 is 0 Å². The lowest BCUT2D eigenvalue weighted by Crippen LogP contribution is -1.96. The molecule has 5 heteroatoms. The van der Waals surface area contributed by atoms with Crippen molar-refractivity contribution in [2.75, 3.05) is 0 Å². The number of nitrogens with zero attached hydrogens (tertiary/aromatic N) is 3. The normalized spacial score (nSPS) is 11.5. The van der Waals surface area contributed by atoms with E-state index >= 15 is 0 Å². The second kappa shape index (κ2) is 9.17. The molecule has 0 unspecified atom stereocenters. The van der Waals surface area contributed by atoms with E-state index in [9.17, 15) is 5.11 Å². The number of fused-ring (bicyclic) bond motifs is 3. The zero-order chi connectivity index (χ0) is 24.6. The summed E-state index contributed by atoms with van der Waals surface area (Å²) in [5.41, 5.74) is 5.75. The number of benzene rings is 3. The molecule has 0 saturated heterocycles. The number of aromatic nitrogens is 3. The summed E-state index contributed by atoms with van der Waals surface area (Å²) in [6, 6.07) is 32.5. The third kappa shape index (κ3) is 4.01. The molecule has 0 radical (unpaired) electrons. The number of phenolic OH excluding ortho intramolecular Hbond substituents is 1. The molecular weight excluding hydrogens is 462 g/mol. The molecule has 36 heavy (non-hydrogen) atoms. The Bertz CT molecular complexity index is 1720. The van der Waals surface area contributed by atoms with Gasteiger partial charge in [0.05, 0.1) is 16.9 Å². The second-order valence-electron chi connectivity index (χ2n) is 9.12. The van der Waals surface area contributed by atoms with Gasteiger partial charge in [0.2, 0.25) is 0 Å². The molecule has 0 aliphatic carbocycles. The van der Waals surface area contributed by atoms with Crippen molar-refractivity contribution in [1.82, 2.24) is 14.5 Å². The highest BCUT2D eigenvalue weighted by molar-refractivity contribution is 7.99. The van der Waals surface area contributed by atoms with E-state index in [2.05, 4.69) is 79.5 Å². The van der Waals surface area contributed by atoms with Gasteiger partial charge in [-0.25, -0.2) is 9.97 Å². The Morgan fingerprint density at radius 1 is 0.806 bits per heavy atom. The fourth-order valence-electron chi connectivity index (χ4n) is 4.58. The lowest BCUT2D eigenvalue weighted by atomic mass is 10.1. The van der Waals surface area contributed by atoms with Gasteiger partial charge in [0.15, 0.2) is 0 Å². The molecule has 0 saturated carbocycles. The van der Waals surface area contributed by atoms with E-state index in [1.54, 1.807) is 17.8 Å². The number of rotatable bonds is 5. The molecule has 0 amide bonds. The Balaban J connectivity index is 1.46. The van der Waals surface area contributed by atoms with Crippen molar-refractivity contribution < 1.29 is 5.11 Å². The molecule has 0 bridgehead atoms. The highest BCUT2D eigenvalue weighted by Crippen LogP contribution is 2.36. The molecule has 0 atom stereocenters. The molecule has 176 valence electrons. The van der Waals surface area contributed by atoms with Gasteiger partial charge in [0.1, 0.15) is 16.4 Å². The first-order chi connectivity index (χ1) is 17.6. The Morgan fingerprint density at radius 2 is 1.64 bits per heavy atom. The van der Waals surface area contributed by atoms with Gasteiger partial charge in [-0.2, -0.15) is 0 Å². The van der Waals surface area contributed by atoms with Gasteiger partial charge in [-0.05, 0) is 66.1 Å². The maximum absolute atomic E-state index is 10.7. The van der Waals surface area contributed by atoms with Crippen LogP contribution in [0.5, 0.6) is 5.75 Å². The van der Waals surface area contributed by atoms with Crippen LogP contribution in [0.1, 0.15) is 25.3 Å². The van der Waals surface area contributed by atoms with Crippen LogP contribution in [0.4, 0.5) is 0 Å². The van der Waals surface area contributed by atoms with Crippen LogP contribution in [0, 0.1) is 0 Å². The predicted octanol–water partition coefficient (Wildman–Crippen LogP) is 8.22. The summed E-state index contributed by atoms with van der Waals surface area (Å²) in [5.74, 6) is 0.687. The highest BCUT2D eigenvalue weighted by atomic mass is 32.2. The summed E-state index contributed by atoms with van der Waals surface area (Å²) in [6.07, 6.45) is 1.88. The van der Waals surface area contributed by atoms with E-state index in [-0.39, 0.29) is 5.75 Å². The molecule has 6 aromatic rings. The van der Waals surface area contributed by atoms with Crippen LogP contribution in [-0.2, 0) is 0 Å². The average molecular weight is 488 g/mol. The number of hydrogen-bond acceptors (Lipinski definition) is 4. The number of phenols is 1. The van der Waals surface area contributed by atoms with Crippen molar-refractivity contribution in [2.45, 2.75) is 29.7 Å². The SMILES string of the molecule is CC(C)c1ccnc(Sc2cccc(-c3ccc4c5ccccc5n(-c5ccccc5O)c4n3)c2)c1. The molecule has 0 fully saturated rings. The molecule has 0 spiro atoms. The van der Waals surface area contributed by atoms with Crippen molar-refractivity contribution in [3.8, 4) is 22.7 Å². The van der Waals surface area contributed by atoms with Crippen molar-refractivity contribution >= 4 is 33.7 Å². The smallest absolute Gasteiger partial charge is 0.146 e. The Morgan fingerprint density at radius 3 is 2.50 bits per heavy atom. The summed E-state index contributed by atoms with van der Waals surface area (Å²) in [4.78, 5) is 10.8. The zero-order valence-electron chi connectivity index (χ0n) is 20.1. The summed E-state index contributed by atoms with van der Waals surface area (Å²) in [6.45, 7) is 4.39. The molecule has 4 nitrogen and oxygen atoms in total. The molecule has 6 rings (SSSR count). The van der Waals surface area contributed by atoms with Gasteiger partial charge in [-0.1, -0.05) is 68.1 Å². The minimum atomic E-state index is 0.224. The van der Waals surface area contributed by atoms with Crippen LogP contribution in [0.3, 0.4) is 0 Å². The van der Waals surface area contributed by atoms with E-state index in [1.807, 2.05) is 41.1 Å². The van der Waals surface area contributed by atoms with Crippen molar-refractivity contribution in [3.05, 3.63) is 109 Å². The third-order valence-electron chi connectivity index (χ3n) is 6.42. The predicted molar refractivity (Wildman–Crippen MR) is 148 cm³/mol. The molecule has 0 aliphatic heterocycles. The number of hydrogen-bond donors (Lipinski definition) is 1. The zero-order valence-corrected chi connectivity index (χ0v) is 20.9. The van der Waals surface area contributed by atoms with Gasteiger partial charge in [0.25, 0.3) is 0 Å². The van der Waals surface area contributed by atoms with Crippen LogP contribution in [0.15, 0.2) is 113 Å². The summed E-state index contributed by atoms with van der Waals surface area (Å²) in [5, 5.41) is 13.8. The van der Waals surface area contributed by atoms with Gasteiger partial charge in [-0.3, -0.25) is 4.57 Å². The molecule has 3 aromatic heterocycles. The standard InChI is InChI=1S/C31H25N3OS/c1-20(2)21-16-17-32-30(19-21)36-23-9-7-8-22(18-23)26-15-14-25-24-10-3-4-11-27(24)34(31(25)33-26)28-12-5-6-13-29(28)35/h3-20,35H,1-2H3. The first-order valence-electron chi connectivity index (χ1n) is 12.0. The maximum Gasteiger partial charge on any atom is 0.146 e. The fourth-order valence-corrected chi connectivity index (χ4v) is 5.46. The monoisotopic (exact) mass is 487 g/mol. The topological polar surface area (TPSA) is 50.9 Å². The average Bonchev–Trinajstić information content (AvgIpc) is 3.23. The van der Waals surface area contributed by atoms with E-state index in [0.717, 1.165) is 43.1 Å². The number of aromatic hydroxyl groups is 1. The van der Waals surface area contributed by atoms with Crippen LogP contribution < -0.4 is 0 Å². The summed E-state index contributed by atoms with van der Waals surface area (Å²) in [7, 11) is 0. The lowest BCUT2D eigenvalue weighted by molar-refractivity contribution is 0.473. The van der Waals surface area contributed by atoms with Gasteiger partial charge in [0, 0.05) is 27.4 Å². The molecule has 3 aromatic carbocycles. The van der Waals surface area contributed by atoms with Crippen LogP contribution in [0.25, 0.3) is 38.9 Å². The fraction of sp³-hybridized carbons (Fsp3) is 0.0968. The second-order valence-corrected chi connectivity index (χ2v) is 10.2. The quantitative estimate of drug-likeness (QED) is 0.266. The first-order valence-corrected chi connectivity index (χ1v) is 12.8. The number of pyridine rings is 2.